The van der Waals surface area contributed by atoms with Crippen LogP contribution in [0.15, 0.2) is 29.8 Å². The molecule has 3 heterocycles. The van der Waals surface area contributed by atoms with E-state index in [1.807, 2.05) is 22.4 Å². The lowest BCUT2D eigenvalue weighted by Gasteiger charge is -2.35. The van der Waals surface area contributed by atoms with E-state index in [-0.39, 0.29) is 5.91 Å². The van der Waals surface area contributed by atoms with E-state index in [2.05, 4.69) is 46.8 Å². The molecule has 0 bridgehead atoms. The van der Waals surface area contributed by atoms with Gasteiger partial charge in [0.2, 0.25) is 5.91 Å². The van der Waals surface area contributed by atoms with Gasteiger partial charge in [0, 0.05) is 43.7 Å². The molecular weight excluding hydrogens is 330 g/mol. The molecular formula is C20H26N3OS. The molecule has 25 heavy (non-hydrogen) atoms. The zero-order valence-electron chi connectivity index (χ0n) is 15.1. The Kier molecular flexibility index (Phi) is 6.08. The second-order valence-corrected chi connectivity index (χ2v) is 7.53. The van der Waals surface area contributed by atoms with Gasteiger partial charge in [-0.25, -0.2) is 0 Å². The fourth-order valence-electron chi connectivity index (χ4n) is 3.17. The van der Waals surface area contributed by atoms with E-state index in [0.29, 0.717) is 0 Å². The molecule has 133 valence electrons. The fourth-order valence-corrected chi connectivity index (χ4v) is 4.14. The number of aromatic nitrogens is 1. The SMILES string of the molecule is C[CH]Cc1cc(CCc2ccc(N3CCN(C(C)=O)CC3)cn2)cs1. The van der Waals surface area contributed by atoms with Gasteiger partial charge < -0.3 is 9.80 Å². The van der Waals surface area contributed by atoms with Crippen molar-refractivity contribution in [2.24, 2.45) is 0 Å². The molecule has 2 aromatic rings. The lowest BCUT2D eigenvalue weighted by molar-refractivity contribution is -0.129. The van der Waals surface area contributed by atoms with E-state index >= 15 is 0 Å². The topological polar surface area (TPSA) is 36.4 Å². The number of amides is 1. The molecule has 1 saturated heterocycles. The van der Waals surface area contributed by atoms with Gasteiger partial charge in [0.15, 0.2) is 0 Å². The molecule has 1 aliphatic rings. The minimum absolute atomic E-state index is 0.168. The summed E-state index contributed by atoms with van der Waals surface area (Å²) in [6.45, 7) is 7.10. The second-order valence-electron chi connectivity index (χ2n) is 6.53. The van der Waals surface area contributed by atoms with Gasteiger partial charge in [0.05, 0.1) is 11.9 Å². The number of anilines is 1. The van der Waals surface area contributed by atoms with Crippen LogP contribution in [0.25, 0.3) is 0 Å². The van der Waals surface area contributed by atoms with Gasteiger partial charge in [0.25, 0.3) is 0 Å². The summed E-state index contributed by atoms with van der Waals surface area (Å²) >= 11 is 1.85. The third kappa shape index (κ3) is 4.82. The summed E-state index contributed by atoms with van der Waals surface area (Å²) in [5, 5.41) is 2.27. The van der Waals surface area contributed by atoms with Crippen LogP contribution in [0.1, 0.15) is 30.0 Å². The lowest BCUT2D eigenvalue weighted by Crippen LogP contribution is -2.48. The van der Waals surface area contributed by atoms with E-state index in [9.17, 15) is 4.79 Å². The smallest absolute Gasteiger partial charge is 0.219 e. The Labute approximate surface area is 154 Å². The summed E-state index contributed by atoms with van der Waals surface area (Å²) in [5.41, 5.74) is 3.71. The van der Waals surface area contributed by atoms with Crippen LogP contribution in [-0.4, -0.2) is 42.0 Å². The van der Waals surface area contributed by atoms with Crippen molar-refractivity contribution in [2.75, 3.05) is 31.1 Å². The summed E-state index contributed by atoms with van der Waals surface area (Å²) in [4.78, 5) is 21.7. The van der Waals surface area contributed by atoms with Gasteiger partial charge in [-0.1, -0.05) is 6.92 Å². The summed E-state index contributed by atoms with van der Waals surface area (Å²) in [5.74, 6) is 0.168. The molecule has 0 aliphatic carbocycles. The number of nitrogens with zero attached hydrogens (tertiary/aromatic N) is 3. The first kappa shape index (κ1) is 17.9. The van der Waals surface area contributed by atoms with Crippen LogP contribution in [0.3, 0.4) is 0 Å². The molecule has 1 fully saturated rings. The van der Waals surface area contributed by atoms with Gasteiger partial charge >= 0.3 is 0 Å². The van der Waals surface area contributed by atoms with Gasteiger partial charge in [-0.3, -0.25) is 9.78 Å². The number of carbonyl (C=O) groups is 1. The van der Waals surface area contributed by atoms with Crippen molar-refractivity contribution < 1.29 is 4.79 Å². The first-order valence-electron chi connectivity index (χ1n) is 8.95. The predicted octanol–water partition coefficient (Wildman–Crippen LogP) is 3.36. The van der Waals surface area contributed by atoms with E-state index in [4.69, 9.17) is 0 Å². The van der Waals surface area contributed by atoms with Crippen molar-refractivity contribution in [3.8, 4) is 0 Å². The quantitative estimate of drug-likeness (QED) is 0.796. The summed E-state index contributed by atoms with van der Waals surface area (Å²) in [7, 11) is 0. The van der Waals surface area contributed by atoms with Crippen molar-refractivity contribution in [3.05, 3.63) is 52.3 Å². The average Bonchev–Trinajstić information content (AvgIpc) is 3.08. The average molecular weight is 357 g/mol. The highest BCUT2D eigenvalue weighted by atomic mass is 32.1. The Morgan fingerprint density at radius 3 is 2.68 bits per heavy atom. The Balaban J connectivity index is 1.51. The molecule has 0 atom stereocenters. The Morgan fingerprint density at radius 1 is 1.24 bits per heavy atom. The Bertz CT molecular complexity index is 687. The van der Waals surface area contributed by atoms with Crippen molar-refractivity contribution in [1.82, 2.24) is 9.88 Å². The summed E-state index contributed by atoms with van der Waals surface area (Å²) in [6, 6.07) is 6.62. The van der Waals surface area contributed by atoms with Crippen molar-refractivity contribution in [2.45, 2.75) is 33.1 Å². The maximum Gasteiger partial charge on any atom is 0.219 e. The number of aryl methyl sites for hydroxylation is 2. The highest BCUT2D eigenvalue weighted by Gasteiger charge is 2.18. The summed E-state index contributed by atoms with van der Waals surface area (Å²) in [6.07, 6.45) is 7.26. The van der Waals surface area contributed by atoms with E-state index in [1.54, 1.807) is 6.92 Å². The monoisotopic (exact) mass is 356 g/mol. The van der Waals surface area contributed by atoms with E-state index < -0.39 is 0 Å². The molecule has 3 rings (SSSR count). The first-order valence-corrected chi connectivity index (χ1v) is 9.83. The standard InChI is InChI=1S/C20H26N3OS/c1-3-4-20-13-17(15-25-20)5-6-18-7-8-19(14-21-18)23-11-9-22(10-12-23)16(2)24/h3,7-8,13-15H,4-6,9-12H2,1-2H3. The largest absolute Gasteiger partial charge is 0.367 e. The number of hydrogen-bond donors (Lipinski definition) is 0. The minimum atomic E-state index is 0.168. The summed E-state index contributed by atoms with van der Waals surface area (Å²) < 4.78 is 0. The van der Waals surface area contributed by atoms with Gasteiger partial charge in [0.1, 0.15) is 0 Å². The third-order valence-corrected chi connectivity index (χ3v) is 5.69. The molecule has 4 nitrogen and oxygen atoms in total. The molecule has 0 N–H and O–H groups in total. The molecule has 0 saturated carbocycles. The number of carbonyl (C=O) groups excluding carboxylic acids is 1. The van der Waals surface area contributed by atoms with Crippen molar-refractivity contribution >= 4 is 22.9 Å². The molecule has 2 aromatic heterocycles. The van der Waals surface area contributed by atoms with E-state index in [0.717, 1.165) is 56.8 Å². The lowest BCUT2D eigenvalue weighted by atomic mass is 10.1. The maximum absolute atomic E-state index is 11.4. The first-order chi connectivity index (χ1) is 12.2. The number of hydrogen-bond acceptors (Lipinski definition) is 4. The molecule has 0 aromatic carbocycles. The molecule has 0 spiro atoms. The Hall–Kier alpha value is -1.88. The van der Waals surface area contributed by atoms with Crippen molar-refractivity contribution in [1.29, 1.82) is 0 Å². The van der Waals surface area contributed by atoms with Crippen LogP contribution in [0.2, 0.25) is 0 Å². The predicted molar refractivity (Wildman–Crippen MR) is 104 cm³/mol. The fraction of sp³-hybridized carbons (Fsp3) is 0.450. The molecule has 5 heteroatoms. The van der Waals surface area contributed by atoms with Crippen molar-refractivity contribution in [3.63, 3.8) is 0 Å². The van der Waals surface area contributed by atoms with Crippen LogP contribution in [0.4, 0.5) is 5.69 Å². The maximum atomic E-state index is 11.4. The zero-order valence-corrected chi connectivity index (χ0v) is 15.9. The minimum Gasteiger partial charge on any atom is -0.367 e. The number of thiophene rings is 1. The Morgan fingerprint density at radius 2 is 2.04 bits per heavy atom. The third-order valence-electron chi connectivity index (χ3n) is 4.68. The van der Waals surface area contributed by atoms with Crippen LogP contribution >= 0.6 is 11.3 Å². The molecule has 1 radical (unpaired) electrons. The molecule has 1 amide bonds. The van der Waals surface area contributed by atoms with Gasteiger partial charge in [-0.05, 0) is 54.8 Å². The van der Waals surface area contributed by atoms with Crippen LogP contribution in [0.5, 0.6) is 0 Å². The van der Waals surface area contributed by atoms with Gasteiger partial charge in [-0.15, -0.1) is 11.3 Å². The highest BCUT2D eigenvalue weighted by molar-refractivity contribution is 7.10. The normalized spacial score (nSPS) is 14.8. The molecule has 1 aliphatic heterocycles. The second kappa shape index (κ2) is 8.48. The number of rotatable bonds is 6. The van der Waals surface area contributed by atoms with Gasteiger partial charge in [-0.2, -0.15) is 0 Å². The number of piperazine rings is 1. The van der Waals surface area contributed by atoms with Crippen LogP contribution < -0.4 is 4.90 Å². The van der Waals surface area contributed by atoms with E-state index in [1.165, 1.54) is 10.4 Å². The zero-order chi connectivity index (χ0) is 17.6. The highest BCUT2D eigenvalue weighted by Crippen LogP contribution is 2.19. The van der Waals surface area contributed by atoms with Crippen LogP contribution in [0, 0.1) is 6.42 Å². The molecule has 0 unspecified atom stereocenters. The number of pyridine rings is 1. The van der Waals surface area contributed by atoms with Crippen LogP contribution in [-0.2, 0) is 24.1 Å².